The number of nitrogens with one attached hydrogen (secondary N) is 1. The second kappa shape index (κ2) is 10.2. The predicted molar refractivity (Wildman–Crippen MR) is 128 cm³/mol. The van der Waals surface area contributed by atoms with E-state index in [9.17, 15) is 9.90 Å². The molecule has 2 aromatic carbocycles. The van der Waals surface area contributed by atoms with Gasteiger partial charge in [-0.15, -0.1) is 0 Å². The lowest BCUT2D eigenvalue weighted by molar-refractivity contribution is -0.0585. The number of allylic oxidation sites excluding steroid dienone is 1. The zero-order chi connectivity index (χ0) is 22.5. The van der Waals surface area contributed by atoms with E-state index in [1.165, 1.54) is 11.1 Å². The van der Waals surface area contributed by atoms with E-state index in [1.807, 2.05) is 42.2 Å². The number of methoxy groups -OCH3 is 1. The molecule has 3 atom stereocenters. The van der Waals surface area contributed by atoms with Gasteiger partial charge in [-0.25, -0.2) is 4.79 Å². The highest BCUT2D eigenvalue weighted by Gasteiger charge is 2.49. The Morgan fingerprint density at radius 3 is 2.50 bits per heavy atom. The Morgan fingerprint density at radius 2 is 1.84 bits per heavy atom. The number of hydrogen-bond donors (Lipinski definition) is 2. The van der Waals surface area contributed by atoms with Crippen LogP contribution in [0.1, 0.15) is 36.8 Å². The normalized spacial score (nSPS) is 23.7. The van der Waals surface area contributed by atoms with Gasteiger partial charge in [0.2, 0.25) is 0 Å². The van der Waals surface area contributed by atoms with Crippen LogP contribution in [0.3, 0.4) is 0 Å². The molecule has 32 heavy (non-hydrogen) atoms. The molecular formula is C26H33N3O3. The second-order valence-corrected chi connectivity index (χ2v) is 8.56. The summed E-state index contributed by atoms with van der Waals surface area (Å²) < 4.78 is 5.20. The standard InChI is InChI=1S/C26H33N3O3/c1-3-6-19-7-9-20(10-8-19)25-23-17-28(15-4-5-16-29(23)24(25)18-30)26(31)27-21-11-13-22(32-2)14-12-21/h3,6-14,23-25,30H,4-5,15-18H2,1-2H3,(H,27,31)/b6-3+/t23-,24+,25-/m1/s1. The Labute approximate surface area is 190 Å². The van der Waals surface area contributed by atoms with Crippen molar-refractivity contribution in [2.24, 2.45) is 0 Å². The molecule has 0 saturated carbocycles. The number of anilines is 1. The monoisotopic (exact) mass is 435 g/mol. The minimum absolute atomic E-state index is 0.0772. The van der Waals surface area contributed by atoms with E-state index in [0.717, 1.165) is 37.4 Å². The third kappa shape index (κ3) is 4.66. The van der Waals surface area contributed by atoms with Gasteiger partial charge in [-0.3, -0.25) is 4.90 Å². The molecule has 2 amide bonds. The van der Waals surface area contributed by atoms with Crippen molar-refractivity contribution < 1.29 is 14.6 Å². The van der Waals surface area contributed by atoms with Gasteiger partial charge >= 0.3 is 6.03 Å². The van der Waals surface area contributed by atoms with Gasteiger partial charge in [0.15, 0.2) is 0 Å². The lowest BCUT2D eigenvalue weighted by Crippen LogP contribution is -2.68. The number of amides is 2. The van der Waals surface area contributed by atoms with Crippen LogP contribution in [0.2, 0.25) is 0 Å². The average Bonchev–Trinajstić information content (AvgIpc) is 2.79. The number of ether oxygens (including phenoxy) is 1. The van der Waals surface area contributed by atoms with Gasteiger partial charge in [-0.1, -0.05) is 36.4 Å². The van der Waals surface area contributed by atoms with Gasteiger partial charge in [0.25, 0.3) is 0 Å². The van der Waals surface area contributed by atoms with Crippen LogP contribution >= 0.6 is 0 Å². The highest BCUT2D eigenvalue weighted by molar-refractivity contribution is 5.89. The summed E-state index contributed by atoms with van der Waals surface area (Å²) in [7, 11) is 1.63. The van der Waals surface area contributed by atoms with Crippen LogP contribution in [-0.2, 0) is 0 Å². The third-order valence-electron chi connectivity index (χ3n) is 6.68. The molecule has 2 aliphatic rings. The number of nitrogens with zero attached hydrogens (tertiary/aromatic N) is 2. The van der Waals surface area contributed by atoms with Crippen molar-refractivity contribution in [3.8, 4) is 5.75 Å². The van der Waals surface area contributed by atoms with E-state index in [2.05, 4.69) is 40.6 Å². The molecule has 2 heterocycles. The summed E-state index contributed by atoms with van der Waals surface area (Å²) in [6, 6.07) is 16.2. The highest BCUT2D eigenvalue weighted by Crippen LogP contribution is 2.42. The van der Waals surface area contributed by atoms with Crippen molar-refractivity contribution >= 4 is 17.8 Å². The number of carbonyl (C=O) groups excluding carboxylic acids is 1. The van der Waals surface area contributed by atoms with Gasteiger partial charge in [0.05, 0.1) is 13.7 Å². The SMILES string of the molecule is C/C=C/c1ccc([C@@H]2[C@H]3CN(C(=O)Nc4ccc(OC)cc4)CCCCN3[C@H]2CO)cc1. The first-order valence-electron chi connectivity index (χ1n) is 11.4. The zero-order valence-electron chi connectivity index (χ0n) is 18.9. The van der Waals surface area contributed by atoms with Gasteiger partial charge in [-0.05, 0) is 61.7 Å². The molecule has 6 nitrogen and oxygen atoms in total. The zero-order valence-corrected chi connectivity index (χ0v) is 18.9. The summed E-state index contributed by atoms with van der Waals surface area (Å²) in [4.78, 5) is 17.4. The summed E-state index contributed by atoms with van der Waals surface area (Å²) in [5.41, 5.74) is 3.16. The quantitative estimate of drug-likeness (QED) is 0.739. The van der Waals surface area contributed by atoms with Gasteiger partial charge < -0.3 is 20.1 Å². The molecule has 0 aliphatic carbocycles. The maximum absolute atomic E-state index is 13.1. The topological polar surface area (TPSA) is 65.0 Å². The van der Waals surface area contributed by atoms with Crippen LogP contribution in [0.4, 0.5) is 10.5 Å². The Bertz CT molecular complexity index is 926. The fraction of sp³-hybridized carbons (Fsp3) is 0.423. The minimum atomic E-state index is -0.0772. The van der Waals surface area contributed by atoms with Crippen molar-refractivity contribution in [1.29, 1.82) is 0 Å². The molecular weight excluding hydrogens is 402 g/mol. The molecule has 2 fully saturated rings. The maximum atomic E-state index is 13.1. The Morgan fingerprint density at radius 1 is 1.12 bits per heavy atom. The number of fused-ring (bicyclic) bond motifs is 1. The molecule has 0 radical (unpaired) electrons. The summed E-state index contributed by atoms with van der Waals surface area (Å²) in [5, 5.41) is 13.1. The number of aliphatic hydroxyl groups excluding tert-OH is 1. The predicted octanol–water partition coefficient (Wildman–Crippen LogP) is 4.18. The van der Waals surface area contributed by atoms with E-state index < -0.39 is 0 Å². The van der Waals surface area contributed by atoms with Crippen LogP contribution in [0, 0.1) is 0 Å². The Kier molecular flexibility index (Phi) is 7.12. The van der Waals surface area contributed by atoms with Crippen molar-refractivity contribution in [3.05, 3.63) is 65.7 Å². The lowest BCUT2D eigenvalue weighted by Gasteiger charge is -2.57. The molecule has 2 N–H and O–H groups in total. The Balaban J connectivity index is 1.50. The average molecular weight is 436 g/mol. The summed E-state index contributed by atoms with van der Waals surface area (Å²) in [5.74, 6) is 0.978. The number of rotatable bonds is 5. The number of benzene rings is 2. The highest BCUT2D eigenvalue weighted by atomic mass is 16.5. The van der Waals surface area contributed by atoms with Crippen LogP contribution in [0.5, 0.6) is 5.75 Å². The Hall–Kier alpha value is -2.83. The third-order valence-corrected chi connectivity index (χ3v) is 6.68. The van der Waals surface area contributed by atoms with Crippen LogP contribution < -0.4 is 10.1 Å². The number of aliphatic hydroxyl groups is 1. The molecule has 0 aromatic heterocycles. The number of urea groups is 1. The smallest absolute Gasteiger partial charge is 0.321 e. The van der Waals surface area contributed by atoms with Gasteiger partial charge in [-0.2, -0.15) is 0 Å². The summed E-state index contributed by atoms with van der Waals surface area (Å²) >= 11 is 0. The van der Waals surface area contributed by atoms with E-state index in [0.29, 0.717) is 6.54 Å². The molecule has 0 spiro atoms. The van der Waals surface area contributed by atoms with Crippen molar-refractivity contribution in [2.75, 3.05) is 38.7 Å². The number of hydrogen-bond acceptors (Lipinski definition) is 4. The number of carbonyl (C=O) groups is 1. The maximum Gasteiger partial charge on any atom is 0.321 e. The minimum Gasteiger partial charge on any atom is -0.497 e. The van der Waals surface area contributed by atoms with Gasteiger partial charge in [0, 0.05) is 36.8 Å². The van der Waals surface area contributed by atoms with E-state index in [4.69, 9.17) is 4.74 Å². The fourth-order valence-electron chi connectivity index (χ4n) is 5.02. The fourth-order valence-corrected chi connectivity index (χ4v) is 5.02. The largest absolute Gasteiger partial charge is 0.497 e. The molecule has 6 heteroatoms. The molecule has 170 valence electrons. The second-order valence-electron chi connectivity index (χ2n) is 8.56. The summed E-state index contributed by atoms with van der Waals surface area (Å²) in [6.07, 6.45) is 6.10. The van der Waals surface area contributed by atoms with Crippen LogP contribution in [0.15, 0.2) is 54.6 Å². The van der Waals surface area contributed by atoms with E-state index >= 15 is 0 Å². The lowest BCUT2D eigenvalue weighted by atomic mass is 9.74. The van der Waals surface area contributed by atoms with Crippen molar-refractivity contribution in [1.82, 2.24) is 9.80 Å². The molecule has 0 bridgehead atoms. The van der Waals surface area contributed by atoms with Crippen molar-refractivity contribution in [3.63, 3.8) is 0 Å². The van der Waals surface area contributed by atoms with E-state index in [1.54, 1.807) is 7.11 Å². The first kappa shape index (κ1) is 22.4. The van der Waals surface area contributed by atoms with Crippen LogP contribution in [0.25, 0.3) is 6.08 Å². The molecule has 2 aromatic rings. The van der Waals surface area contributed by atoms with E-state index in [-0.39, 0.29) is 30.6 Å². The molecule has 2 saturated heterocycles. The molecule has 0 unspecified atom stereocenters. The van der Waals surface area contributed by atoms with Gasteiger partial charge in [0.1, 0.15) is 5.75 Å². The molecule has 4 rings (SSSR count). The first-order chi connectivity index (χ1) is 15.6. The summed E-state index contributed by atoms with van der Waals surface area (Å²) in [6.45, 7) is 4.51. The first-order valence-corrected chi connectivity index (χ1v) is 11.4. The molecule has 2 aliphatic heterocycles. The van der Waals surface area contributed by atoms with Crippen molar-refractivity contribution in [2.45, 2.75) is 37.8 Å². The van der Waals surface area contributed by atoms with Crippen LogP contribution in [-0.4, -0.2) is 66.4 Å².